The normalized spacial score (nSPS) is 22.9. The van der Waals surface area contributed by atoms with E-state index in [-0.39, 0.29) is 0 Å². The molecule has 0 radical (unpaired) electrons. The lowest BCUT2D eigenvalue weighted by atomic mass is 10.1. The fourth-order valence-corrected chi connectivity index (χ4v) is 1.75. The molecule has 0 aliphatic heterocycles. The van der Waals surface area contributed by atoms with E-state index in [9.17, 15) is 0 Å². The Hall–Kier alpha value is -0.0800. The molecule has 0 bridgehead atoms. The number of allylic oxidation sites excluding steroid dienone is 3. The van der Waals surface area contributed by atoms with Gasteiger partial charge in [-0.1, -0.05) is 35.0 Å². The summed E-state index contributed by atoms with van der Waals surface area (Å²) < 4.78 is 1.37. The molecule has 0 saturated carbocycles. The highest BCUT2D eigenvalue weighted by molar-refractivity contribution is 9.11. The molecule has 1 aliphatic carbocycles. The predicted octanol–water partition coefficient (Wildman–Crippen LogP) is 2.79. The van der Waals surface area contributed by atoms with Gasteiger partial charge in [-0.25, -0.2) is 0 Å². The lowest BCUT2D eigenvalue weighted by Crippen LogP contribution is -2.13. The van der Waals surface area contributed by atoms with Gasteiger partial charge in [0.15, 0.2) is 0 Å². The second-order valence-corrected chi connectivity index (χ2v) is 4.43. The van der Waals surface area contributed by atoms with Crippen molar-refractivity contribution in [2.24, 2.45) is 5.92 Å². The molecular formula is C10H16BrN. The summed E-state index contributed by atoms with van der Waals surface area (Å²) in [6, 6.07) is 0. The van der Waals surface area contributed by atoms with Crippen LogP contribution in [0.1, 0.15) is 13.3 Å². The second-order valence-electron chi connectivity index (χ2n) is 3.57. The van der Waals surface area contributed by atoms with Crippen LogP contribution in [0.2, 0.25) is 0 Å². The molecule has 0 amide bonds. The molecule has 1 atom stereocenters. The van der Waals surface area contributed by atoms with Crippen LogP contribution in [0, 0.1) is 5.92 Å². The minimum absolute atomic E-state index is 0.585. The fourth-order valence-electron chi connectivity index (χ4n) is 1.26. The summed E-state index contributed by atoms with van der Waals surface area (Å²) in [5, 5.41) is 0. The topological polar surface area (TPSA) is 3.24 Å². The molecular weight excluding hydrogens is 214 g/mol. The van der Waals surface area contributed by atoms with Gasteiger partial charge in [-0.15, -0.1) is 0 Å². The van der Waals surface area contributed by atoms with Crippen LogP contribution in [0.3, 0.4) is 0 Å². The zero-order valence-electron chi connectivity index (χ0n) is 7.97. The first-order valence-electron chi connectivity index (χ1n) is 4.32. The first-order chi connectivity index (χ1) is 5.61. The van der Waals surface area contributed by atoms with Crippen LogP contribution in [-0.4, -0.2) is 25.5 Å². The monoisotopic (exact) mass is 229 g/mol. The minimum Gasteiger partial charge on any atom is -0.309 e. The highest BCUT2D eigenvalue weighted by atomic mass is 79.9. The van der Waals surface area contributed by atoms with E-state index in [1.165, 1.54) is 10.1 Å². The summed E-state index contributed by atoms with van der Waals surface area (Å²) in [6.45, 7) is 3.34. The molecule has 0 aromatic rings. The number of hydrogen-bond donors (Lipinski definition) is 0. The van der Waals surface area contributed by atoms with Crippen molar-refractivity contribution in [1.29, 1.82) is 0 Å². The van der Waals surface area contributed by atoms with E-state index < -0.39 is 0 Å². The standard InChI is InChI=1S/C10H16BrN/c1-8-4-5-9(10(8)11)6-7-12(2)3/h4-5,8H,6-7H2,1-3H3. The van der Waals surface area contributed by atoms with Crippen molar-refractivity contribution in [3.8, 4) is 0 Å². The average Bonchev–Trinajstić information content (AvgIpc) is 2.30. The maximum atomic E-state index is 3.62. The fraction of sp³-hybridized carbons (Fsp3) is 0.600. The summed E-state index contributed by atoms with van der Waals surface area (Å²) in [4.78, 5) is 2.21. The van der Waals surface area contributed by atoms with Crippen LogP contribution in [0.4, 0.5) is 0 Å². The number of rotatable bonds is 3. The molecule has 1 nitrogen and oxygen atoms in total. The highest BCUT2D eigenvalue weighted by Gasteiger charge is 2.13. The average molecular weight is 230 g/mol. The largest absolute Gasteiger partial charge is 0.309 e. The summed E-state index contributed by atoms with van der Waals surface area (Å²) in [7, 11) is 4.22. The van der Waals surface area contributed by atoms with Gasteiger partial charge in [0, 0.05) is 16.9 Å². The lowest BCUT2D eigenvalue weighted by molar-refractivity contribution is 0.414. The van der Waals surface area contributed by atoms with E-state index in [0.29, 0.717) is 5.92 Å². The molecule has 68 valence electrons. The molecule has 1 aliphatic rings. The van der Waals surface area contributed by atoms with Crippen molar-refractivity contribution in [2.45, 2.75) is 13.3 Å². The van der Waals surface area contributed by atoms with Crippen LogP contribution in [0.5, 0.6) is 0 Å². The molecule has 12 heavy (non-hydrogen) atoms. The SMILES string of the molecule is CC1C=CC(CCN(C)C)=C1Br. The molecule has 0 fully saturated rings. The van der Waals surface area contributed by atoms with Gasteiger partial charge in [0.1, 0.15) is 0 Å². The van der Waals surface area contributed by atoms with E-state index in [1.54, 1.807) is 0 Å². The Labute approximate surface area is 83.3 Å². The Morgan fingerprint density at radius 3 is 2.58 bits per heavy atom. The van der Waals surface area contributed by atoms with Gasteiger partial charge in [0.2, 0.25) is 0 Å². The third-order valence-electron chi connectivity index (χ3n) is 2.12. The Bertz CT molecular complexity index is 216. The molecule has 0 aromatic carbocycles. The van der Waals surface area contributed by atoms with E-state index in [1.807, 2.05) is 0 Å². The van der Waals surface area contributed by atoms with Crippen LogP contribution in [-0.2, 0) is 0 Å². The Morgan fingerprint density at radius 1 is 1.50 bits per heavy atom. The van der Waals surface area contributed by atoms with Crippen molar-refractivity contribution in [3.05, 3.63) is 22.2 Å². The molecule has 2 heteroatoms. The van der Waals surface area contributed by atoms with Gasteiger partial charge < -0.3 is 4.90 Å². The predicted molar refractivity (Wildman–Crippen MR) is 57.4 cm³/mol. The number of hydrogen-bond acceptors (Lipinski definition) is 1. The maximum Gasteiger partial charge on any atom is 0.00617 e. The number of halogens is 1. The summed E-state index contributed by atoms with van der Waals surface area (Å²) in [5.41, 5.74) is 1.45. The third kappa shape index (κ3) is 2.46. The Kier molecular flexibility index (Phi) is 3.53. The van der Waals surface area contributed by atoms with Crippen molar-refractivity contribution < 1.29 is 0 Å². The Balaban J connectivity index is 2.48. The van der Waals surface area contributed by atoms with Crippen molar-refractivity contribution in [1.82, 2.24) is 4.90 Å². The van der Waals surface area contributed by atoms with E-state index >= 15 is 0 Å². The first kappa shape index (κ1) is 10.0. The molecule has 1 unspecified atom stereocenters. The zero-order valence-corrected chi connectivity index (χ0v) is 9.56. The molecule has 0 spiro atoms. The quantitative estimate of drug-likeness (QED) is 0.720. The van der Waals surface area contributed by atoms with Gasteiger partial charge in [-0.05, 0) is 26.1 Å². The van der Waals surface area contributed by atoms with E-state index in [4.69, 9.17) is 0 Å². The summed E-state index contributed by atoms with van der Waals surface area (Å²) in [5.74, 6) is 0.585. The summed E-state index contributed by atoms with van der Waals surface area (Å²) in [6.07, 6.45) is 5.63. The Morgan fingerprint density at radius 2 is 2.17 bits per heavy atom. The minimum atomic E-state index is 0.585. The van der Waals surface area contributed by atoms with Crippen molar-refractivity contribution in [2.75, 3.05) is 20.6 Å². The lowest BCUT2D eigenvalue weighted by Gasteiger charge is -2.09. The van der Waals surface area contributed by atoms with Crippen LogP contribution >= 0.6 is 15.9 Å². The smallest absolute Gasteiger partial charge is 0.00617 e. The third-order valence-corrected chi connectivity index (χ3v) is 3.35. The zero-order chi connectivity index (χ0) is 9.14. The van der Waals surface area contributed by atoms with Crippen molar-refractivity contribution >= 4 is 15.9 Å². The first-order valence-corrected chi connectivity index (χ1v) is 5.12. The number of nitrogens with zero attached hydrogens (tertiary/aromatic N) is 1. The molecule has 0 aromatic heterocycles. The van der Waals surface area contributed by atoms with E-state index in [0.717, 1.165) is 13.0 Å². The molecule has 0 heterocycles. The molecule has 0 N–H and O–H groups in total. The van der Waals surface area contributed by atoms with Gasteiger partial charge in [0.25, 0.3) is 0 Å². The van der Waals surface area contributed by atoms with Gasteiger partial charge in [-0.2, -0.15) is 0 Å². The molecule has 0 saturated heterocycles. The van der Waals surface area contributed by atoms with E-state index in [2.05, 4.69) is 54.0 Å². The van der Waals surface area contributed by atoms with Gasteiger partial charge in [0.05, 0.1) is 0 Å². The van der Waals surface area contributed by atoms with Gasteiger partial charge in [-0.3, -0.25) is 0 Å². The summed E-state index contributed by atoms with van der Waals surface area (Å²) >= 11 is 3.62. The second kappa shape index (κ2) is 4.24. The highest BCUT2D eigenvalue weighted by Crippen LogP contribution is 2.31. The van der Waals surface area contributed by atoms with Crippen LogP contribution in [0.15, 0.2) is 22.2 Å². The van der Waals surface area contributed by atoms with Crippen molar-refractivity contribution in [3.63, 3.8) is 0 Å². The maximum absolute atomic E-state index is 3.62. The van der Waals surface area contributed by atoms with Crippen LogP contribution in [0.25, 0.3) is 0 Å². The molecule has 1 rings (SSSR count). The van der Waals surface area contributed by atoms with Gasteiger partial charge >= 0.3 is 0 Å². The van der Waals surface area contributed by atoms with Crippen LogP contribution < -0.4 is 0 Å².